The minimum absolute atomic E-state index is 0.157. The second-order valence-corrected chi connectivity index (χ2v) is 11.2. The highest BCUT2D eigenvalue weighted by molar-refractivity contribution is 6.35. The number of hydrogen-bond acceptors (Lipinski definition) is 3. The molecule has 2 aliphatic rings. The maximum Gasteiger partial charge on any atom is 0.266 e. The van der Waals surface area contributed by atoms with Gasteiger partial charge in [-0.3, -0.25) is 9.59 Å². The van der Waals surface area contributed by atoms with Crippen LogP contribution < -0.4 is 4.90 Å². The van der Waals surface area contributed by atoms with Crippen molar-refractivity contribution in [3.63, 3.8) is 0 Å². The van der Waals surface area contributed by atoms with E-state index in [1.807, 2.05) is 12.1 Å². The molecule has 0 saturated heterocycles. The molecule has 8 rings (SSSR count). The molecule has 194 valence electrons. The zero-order chi connectivity index (χ0) is 28.0. The number of imide groups is 1. The first kappa shape index (κ1) is 23.4. The largest absolute Gasteiger partial charge is 0.307 e. The molecule has 1 aliphatic heterocycles. The van der Waals surface area contributed by atoms with Crippen LogP contribution in [-0.4, -0.2) is 16.4 Å². The van der Waals surface area contributed by atoms with Gasteiger partial charge in [0.1, 0.15) is 0 Å². The Morgan fingerprint density at radius 2 is 1.32 bits per heavy atom. The Morgan fingerprint density at radius 3 is 2.05 bits per heavy atom. The fourth-order valence-corrected chi connectivity index (χ4v) is 6.88. The number of nitriles is 1. The SMILES string of the molecule is CC1(C)c2ccccc2-c2c1ccc1c2c2ccccc2n1-c1cc(C#N)ccc1N1C(=O)c2ccccc2C1=O. The highest BCUT2D eigenvalue weighted by atomic mass is 16.2. The minimum atomic E-state index is -0.367. The molecule has 0 unspecified atom stereocenters. The number of nitrogens with zero attached hydrogens (tertiary/aromatic N) is 3. The topological polar surface area (TPSA) is 66.1 Å². The first-order chi connectivity index (χ1) is 19.9. The van der Waals surface area contributed by atoms with Crippen LogP contribution in [0.5, 0.6) is 0 Å². The smallest absolute Gasteiger partial charge is 0.266 e. The molecular formula is C36H23N3O2. The number of amides is 2. The van der Waals surface area contributed by atoms with Crippen LogP contribution in [0.2, 0.25) is 0 Å². The van der Waals surface area contributed by atoms with Gasteiger partial charge in [0.2, 0.25) is 0 Å². The van der Waals surface area contributed by atoms with Crippen molar-refractivity contribution in [2.75, 3.05) is 4.90 Å². The van der Waals surface area contributed by atoms with E-state index in [1.54, 1.807) is 42.5 Å². The van der Waals surface area contributed by atoms with Gasteiger partial charge in [-0.15, -0.1) is 0 Å². The first-order valence-electron chi connectivity index (χ1n) is 13.6. The van der Waals surface area contributed by atoms with Crippen LogP contribution in [0.1, 0.15) is 51.3 Å². The van der Waals surface area contributed by atoms with Crippen LogP contribution in [0.3, 0.4) is 0 Å². The third-order valence-electron chi connectivity index (χ3n) is 8.76. The summed E-state index contributed by atoms with van der Waals surface area (Å²) in [6.45, 7) is 4.53. The van der Waals surface area contributed by atoms with Crippen molar-refractivity contribution in [2.24, 2.45) is 0 Å². The van der Waals surface area contributed by atoms with E-state index >= 15 is 0 Å². The summed E-state index contributed by atoms with van der Waals surface area (Å²) < 4.78 is 2.10. The Bertz CT molecular complexity index is 2160. The van der Waals surface area contributed by atoms with Crippen molar-refractivity contribution in [3.05, 3.63) is 131 Å². The van der Waals surface area contributed by atoms with E-state index in [0.717, 1.165) is 21.8 Å². The molecule has 0 radical (unpaired) electrons. The molecule has 0 fully saturated rings. The quantitative estimate of drug-likeness (QED) is 0.215. The van der Waals surface area contributed by atoms with E-state index in [0.29, 0.717) is 28.1 Å². The Balaban J connectivity index is 1.48. The van der Waals surface area contributed by atoms with Crippen LogP contribution in [0, 0.1) is 11.3 Å². The van der Waals surface area contributed by atoms with Gasteiger partial charge in [0.25, 0.3) is 11.8 Å². The summed E-state index contributed by atoms with van der Waals surface area (Å²) in [4.78, 5) is 28.5. The third kappa shape index (κ3) is 2.94. The number of carbonyl (C=O) groups is 2. The molecule has 6 aromatic rings. The van der Waals surface area contributed by atoms with Crippen molar-refractivity contribution < 1.29 is 9.59 Å². The number of para-hydroxylation sites is 1. The molecule has 0 N–H and O–H groups in total. The normalized spacial score (nSPS) is 14.8. The van der Waals surface area contributed by atoms with Crippen LogP contribution in [-0.2, 0) is 5.41 Å². The number of aromatic nitrogens is 1. The van der Waals surface area contributed by atoms with E-state index in [2.05, 4.69) is 73.0 Å². The van der Waals surface area contributed by atoms with Gasteiger partial charge in [0.15, 0.2) is 0 Å². The Labute approximate surface area is 236 Å². The van der Waals surface area contributed by atoms with Crippen LogP contribution >= 0.6 is 0 Å². The molecule has 1 aromatic heterocycles. The molecule has 1 aliphatic carbocycles. The molecule has 0 spiro atoms. The lowest BCUT2D eigenvalue weighted by Gasteiger charge is -2.22. The average Bonchev–Trinajstić information content (AvgIpc) is 3.56. The molecule has 2 heterocycles. The fourth-order valence-electron chi connectivity index (χ4n) is 6.88. The monoisotopic (exact) mass is 529 g/mol. The fraction of sp³-hybridized carbons (Fsp3) is 0.0833. The molecular weight excluding hydrogens is 506 g/mol. The summed E-state index contributed by atoms with van der Waals surface area (Å²) in [6.07, 6.45) is 0. The van der Waals surface area contributed by atoms with Crippen LogP contribution in [0.15, 0.2) is 103 Å². The van der Waals surface area contributed by atoms with Gasteiger partial charge in [-0.1, -0.05) is 74.5 Å². The van der Waals surface area contributed by atoms with Crippen LogP contribution in [0.25, 0.3) is 38.6 Å². The molecule has 0 bridgehead atoms. The zero-order valence-corrected chi connectivity index (χ0v) is 22.5. The van der Waals surface area contributed by atoms with E-state index in [9.17, 15) is 14.9 Å². The number of benzene rings is 5. The summed E-state index contributed by atoms with van der Waals surface area (Å²) in [5, 5.41) is 12.1. The second kappa shape index (κ2) is 8.03. The van der Waals surface area contributed by atoms with Crippen molar-refractivity contribution in [1.82, 2.24) is 4.57 Å². The van der Waals surface area contributed by atoms with Crippen molar-refractivity contribution in [1.29, 1.82) is 5.26 Å². The zero-order valence-electron chi connectivity index (χ0n) is 22.5. The predicted octanol–water partition coefficient (Wildman–Crippen LogP) is 7.76. The molecule has 2 amide bonds. The average molecular weight is 530 g/mol. The molecule has 5 heteroatoms. The molecule has 0 saturated carbocycles. The lowest BCUT2D eigenvalue weighted by atomic mass is 9.82. The van der Waals surface area contributed by atoms with Gasteiger partial charge < -0.3 is 4.57 Å². The third-order valence-corrected chi connectivity index (χ3v) is 8.76. The Morgan fingerprint density at radius 1 is 0.659 bits per heavy atom. The van der Waals surface area contributed by atoms with Crippen molar-refractivity contribution >= 4 is 39.3 Å². The molecule has 0 atom stereocenters. The van der Waals surface area contributed by atoms with Crippen molar-refractivity contribution in [3.8, 4) is 22.9 Å². The Kier molecular flexibility index (Phi) is 4.59. The van der Waals surface area contributed by atoms with E-state index in [4.69, 9.17) is 0 Å². The van der Waals surface area contributed by atoms with E-state index in [-0.39, 0.29) is 17.2 Å². The van der Waals surface area contributed by atoms with Crippen LogP contribution in [0.4, 0.5) is 5.69 Å². The number of carbonyl (C=O) groups excluding carboxylic acids is 2. The maximum atomic E-state index is 13.6. The van der Waals surface area contributed by atoms with Gasteiger partial charge in [-0.05, 0) is 64.7 Å². The summed E-state index contributed by atoms with van der Waals surface area (Å²) >= 11 is 0. The van der Waals surface area contributed by atoms with E-state index in [1.165, 1.54) is 27.2 Å². The van der Waals surface area contributed by atoms with Gasteiger partial charge in [-0.25, -0.2) is 4.90 Å². The maximum absolute atomic E-state index is 13.6. The van der Waals surface area contributed by atoms with Crippen molar-refractivity contribution in [2.45, 2.75) is 19.3 Å². The highest BCUT2D eigenvalue weighted by Gasteiger charge is 2.39. The first-order valence-corrected chi connectivity index (χ1v) is 13.6. The summed E-state index contributed by atoms with van der Waals surface area (Å²) in [5.74, 6) is -0.734. The van der Waals surface area contributed by atoms with E-state index < -0.39 is 0 Å². The summed E-state index contributed by atoms with van der Waals surface area (Å²) in [7, 11) is 0. The standard InChI is InChI=1S/C36H23N3O2/c1-36(2)26-13-7-5-11-24(26)32-27(36)16-18-30-33(32)25-12-6-8-14-28(25)38(30)31-19-21(20-37)15-17-29(31)39-34(40)22-9-3-4-10-23(22)35(39)41/h3-19H,1-2H3. The highest BCUT2D eigenvalue weighted by Crippen LogP contribution is 2.53. The molecule has 41 heavy (non-hydrogen) atoms. The van der Waals surface area contributed by atoms with Gasteiger partial charge in [0.05, 0.1) is 45.2 Å². The molecule has 5 nitrogen and oxygen atoms in total. The number of fused-ring (bicyclic) bond motifs is 8. The second-order valence-electron chi connectivity index (χ2n) is 11.2. The number of anilines is 1. The Hall–Kier alpha value is -5.47. The van der Waals surface area contributed by atoms with Gasteiger partial charge in [0, 0.05) is 16.2 Å². The summed E-state index contributed by atoms with van der Waals surface area (Å²) in [6, 6.07) is 35.4. The summed E-state index contributed by atoms with van der Waals surface area (Å²) in [5.41, 5.74) is 8.96. The van der Waals surface area contributed by atoms with Gasteiger partial charge >= 0.3 is 0 Å². The lowest BCUT2D eigenvalue weighted by Crippen LogP contribution is -2.30. The number of rotatable bonds is 2. The lowest BCUT2D eigenvalue weighted by molar-refractivity contribution is 0.0926. The molecule has 5 aromatic carbocycles. The van der Waals surface area contributed by atoms with Gasteiger partial charge in [-0.2, -0.15) is 5.26 Å². The predicted molar refractivity (Wildman–Crippen MR) is 161 cm³/mol. The minimum Gasteiger partial charge on any atom is -0.307 e. The number of hydrogen-bond donors (Lipinski definition) is 0.